The SMILES string of the molecule is CCC(Cc1ccccc1)NCc1cn(C)nc1C. The van der Waals surface area contributed by atoms with Crippen LogP contribution in [0.15, 0.2) is 36.5 Å². The van der Waals surface area contributed by atoms with E-state index in [9.17, 15) is 0 Å². The van der Waals surface area contributed by atoms with Crippen LogP contribution in [0.1, 0.15) is 30.2 Å². The van der Waals surface area contributed by atoms with E-state index in [1.54, 1.807) is 0 Å². The van der Waals surface area contributed by atoms with Crippen molar-refractivity contribution in [2.24, 2.45) is 7.05 Å². The largest absolute Gasteiger partial charge is 0.309 e. The number of hydrogen-bond acceptors (Lipinski definition) is 2. The van der Waals surface area contributed by atoms with Crippen LogP contribution in [-0.4, -0.2) is 15.8 Å². The summed E-state index contributed by atoms with van der Waals surface area (Å²) in [5.41, 5.74) is 3.79. The molecule has 0 fully saturated rings. The van der Waals surface area contributed by atoms with Gasteiger partial charge in [-0.05, 0) is 25.3 Å². The zero-order valence-corrected chi connectivity index (χ0v) is 12.1. The molecule has 0 saturated carbocycles. The van der Waals surface area contributed by atoms with Gasteiger partial charge in [-0.2, -0.15) is 5.10 Å². The lowest BCUT2D eigenvalue weighted by molar-refractivity contribution is 0.493. The van der Waals surface area contributed by atoms with Crippen molar-refractivity contribution in [2.45, 2.75) is 39.3 Å². The van der Waals surface area contributed by atoms with E-state index in [0.717, 1.165) is 25.1 Å². The molecule has 0 amide bonds. The molecule has 0 aliphatic carbocycles. The first-order valence-corrected chi connectivity index (χ1v) is 6.95. The van der Waals surface area contributed by atoms with Crippen molar-refractivity contribution in [3.63, 3.8) is 0 Å². The normalized spacial score (nSPS) is 12.6. The summed E-state index contributed by atoms with van der Waals surface area (Å²) in [6.07, 6.45) is 4.31. The van der Waals surface area contributed by atoms with Crippen molar-refractivity contribution >= 4 is 0 Å². The summed E-state index contributed by atoms with van der Waals surface area (Å²) in [5.74, 6) is 0. The van der Waals surface area contributed by atoms with Crippen LogP contribution in [0, 0.1) is 6.92 Å². The van der Waals surface area contributed by atoms with Gasteiger partial charge in [0, 0.05) is 31.4 Å². The summed E-state index contributed by atoms with van der Waals surface area (Å²) < 4.78 is 1.88. The predicted octanol–water partition coefficient (Wildman–Crippen LogP) is 2.84. The molecule has 1 atom stereocenters. The van der Waals surface area contributed by atoms with Gasteiger partial charge in [-0.3, -0.25) is 4.68 Å². The smallest absolute Gasteiger partial charge is 0.0638 e. The third-order valence-electron chi connectivity index (χ3n) is 3.51. The van der Waals surface area contributed by atoms with Crippen LogP contribution in [0.5, 0.6) is 0 Å². The lowest BCUT2D eigenvalue weighted by Crippen LogP contribution is -2.30. The minimum absolute atomic E-state index is 0.516. The van der Waals surface area contributed by atoms with Crippen molar-refractivity contribution in [1.82, 2.24) is 15.1 Å². The van der Waals surface area contributed by atoms with Gasteiger partial charge in [-0.15, -0.1) is 0 Å². The van der Waals surface area contributed by atoms with Gasteiger partial charge in [0.05, 0.1) is 5.69 Å². The van der Waals surface area contributed by atoms with Crippen LogP contribution in [0.2, 0.25) is 0 Å². The molecule has 2 rings (SSSR count). The monoisotopic (exact) mass is 257 g/mol. The van der Waals surface area contributed by atoms with Crippen LogP contribution in [0.25, 0.3) is 0 Å². The molecular formula is C16H23N3. The van der Waals surface area contributed by atoms with E-state index >= 15 is 0 Å². The van der Waals surface area contributed by atoms with Crippen molar-refractivity contribution in [2.75, 3.05) is 0 Å². The Bertz CT molecular complexity index is 502. The van der Waals surface area contributed by atoms with Gasteiger partial charge in [0.2, 0.25) is 0 Å². The van der Waals surface area contributed by atoms with Crippen LogP contribution < -0.4 is 5.32 Å². The van der Waals surface area contributed by atoms with Gasteiger partial charge in [-0.25, -0.2) is 0 Å². The van der Waals surface area contributed by atoms with Crippen LogP contribution in [0.3, 0.4) is 0 Å². The zero-order chi connectivity index (χ0) is 13.7. The van der Waals surface area contributed by atoms with E-state index in [1.165, 1.54) is 11.1 Å². The Morgan fingerprint density at radius 1 is 1.26 bits per heavy atom. The molecule has 1 heterocycles. The second-order valence-electron chi connectivity index (χ2n) is 5.09. The average molecular weight is 257 g/mol. The Morgan fingerprint density at radius 3 is 2.58 bits per heavy atom. The fourth-order valence-corrected chi connectivity index (χ4v) is 2.34. The molecule has 3 heteroatoms. The lowest BCUT2D eigenvalue weighted by atomic mass is 10.0. The van der Waals surface area contributed by atoms with Gasteiger partial charge in [0.25, 0.3) is 0 Å². The average Bonchev–Trinajstić information content (AvgIpc) is 2.74. The van der Waals surface area contributed by atoms with Crippen LogP contribution >= 0.6 is 0 Å². The molecule has 1 N–H and O–H groups in total. The molecule has 1 unspecified atom stereocenters. The van der Waals surface area contributed by atoms with Gasteiger partial charge < -0.3 is 5.32 Å². The second-order valence-corrected chi connectivity index (χ2v) is 5.09. The first kappa shape index (κ1) is 13.8. The van der Waals surface area contributed by atoms with Gasteiger partial charge >= 0.3 is 0 Å². The summed E-state index contributed by atoms with van der Waals surface area (Å²) in [6.45, 7) is 5.19. The Labute approximate surface area is 115 Å². The first-order chi connectivity index (χ1) is 9.19. The maximum Gasteiger partial charge on any atom is 0.0638 e. The van der Waals surface area contributed by atoms with E-state index in [4.69, 9.17) is 0 Å². The maximum atomic E-state index is 4.38. The van der Waals surface area contributed by atoms with E-state index in [2.05, 4.69) is 60.8 Å². The summed E-state index contributed by atoms with van der Waals surface area (Å²) in [4.78, 5) is 0. The Kier molecular flexibility index (Phi) is 4.74. The number of hydrogen-bond donors (Lipinski definition) is 1. The molecule has 0 aliphatic rings. The molecule has 1 aromatic carbocycles. The van der Waals surface area contributed by atoms with Crippen molar-refractivity contribution in [3.05, 3.63) is 53.3 Å². The second kappa shape index (κ2) is 6.53. The van der Waals surface area contributed by atoms with Crippen molar-refractivity contribution < 1.29 is 0 Å². The molecule has 0 radical (unpaired) electrons. The number of aryl methyl sites for hydroxylation is 2. The van der Waals surface area contributed by atoms with E-state index < -0.39 is 0 Å². The molecular weight excluding hydrogens is 234 g/mol. The topological polar surface area (TPSA) is 29.9 Å². The number of nitrogens with zero attached hydrogens (tertiary/aromatic N) is 2. The molecule has 102 valence electrons. The molecule has 2 aromatic rings. The van der Waals surface area contributed by atoms with Crippen molar-refractivity contribution in [3.8, 4) is 0 Å². The summed E-state index contributed by atoms with van der Waals surface area (Å²) in [6, 6.07) is 11.2. The molecule has 0 aliphatic heterocycles. The maximum absolute atomic E-state index is 4.38. The van der Waals surface area contributed by atoms with Crippen LogP contribution in [0.4, 0.5) is 0 Å². The van der Waals surface area contributed by atoms with Gasteiger partial charge in [0.15, 0.2) is 0 Å². The Morgan fingerprint density at radius 2 is 2.00 bits per heavy atom. The highest BCUT2D eigenvalue weighted by Crippen LogP contribution is 2.08. The third-order valence-corrected chi connectivity index (χ3v) is 3.51. The lowest BCUT2D eigenvalue weighted by Gasteiger charge is -2.16. The molecule has 0 saturated heterocycles. The standard InChI is InChI=1S/C16H23N3/c1-4-16(10-14-8-6-5-7-9-14)17-11-15-12-19(3)18-13(15)2/h5-9,12,16-17H,4,10-11H2,1-3H3. The van der Waals surface area contributed by atoms with Crippen LogP contribution in [-0.2, 0) is 20.0 Å². The number of rotatable bonds is 6. The van der Waals surface area contributed by atoms with E-state index in [1.807, 2.05) is 11.7 Å². The predicted molar refractivity (Wildman–Crippen MR) is 79.0 cm³/mol. The molecule has 19 heavy (non-hydrogen) atoms. The quantitative estimate of drug-likeness (QED) is 0.862. The summed E-state index contributed by atoms with van der Waals surface area (Å²) >= 11 is 0. The zero-order valence-electron chi connectivity index (χ0n) is 12.1. The van der Waals surface area contributed by atoms with Gasteiger partial charge in [-0.1, -0.05) is 37.3 Å². The third kappa shape index (κ3) is 3.93. The van der Waals surface area contributed by atoms with E-state index in [-0.39, 0.29) is 0 Å². The number of benzene rings is 1. The highest BCUT2D eigenvalue weighted by Gasteiger charge is 2.09. The molecule has 1 aromatic heterocycles. The minimum Gasteiger partial charge on any atom is -0.309 e. The fourth-order valence-electron chi connectivity index (χ4n) is 2.34. The highest BCUT2D eigenvalue weighted by atomic mass is 15.2. The number of aromatic nitrogens is 2. The fraction of sp³-hybridized carbons (Fsp3) is 0.438. The molecule has 0 spiro atoms. The Hall–Kier alpha value is -1.61. The molecule has 0 bridgehead atoms. The van der Waals surface area contributed by atoms with E-state index in [0.29, 0.717) is 6.04 Å². The Balaban J connectivity index is 1.91. The van der Waals surface area contributed by atoms with Gasteiger partial charge in [0.1, 0.15) is 0 Å². The van der Waals surface area contributed by atoms with Crippen molar-refractivity contribution in [1.29, 1.82) is 0 Å². The highest BCUT2D eigenvalue weighted by molar-refractivity contribution is 5.17. The molecule has 3 nitrogen and oxygen atoms in total. The minimum atomic E-state index is 0.516. The summed E-state index contributed by atoms with van der Waals surface area (Å²) in [7, 11) is 1.97. The summed E-state index contributed by atoms with van der Waals surface area (Å²) in [5, 5.41) is 8.01. The first-order valence-electron chi connectivity index (χ1n) is 6.95. The number of nitrogens with one attached hydrogen (secondary N) is 1.